The van der Waals surface area contributed by atoms with Crippen LogP contribution in [0.2, 0.25) is 0 Å². The average molecular weight is 517 g/mol. The van der Waals surface area contributed by atoms with Gasteiger partial charge in [-0.2, -0.15) is 0 Å². The maximum atomic E-state index is 14.0. The summed E-state index contributed by atoms with van der Waals surface area (Å²) in [4.78, 5) is 36.2. The van der Waals surface area contributed by atoms with Crippen molar-refractivity contribution < 1.29 is 41.4 Å². The number of ether oxygens (including phenoxy) is 3. The predicted octanol–water partition coefficient (Wildman–Crippen LogP) is 3.46. The van der Waals surface area contributed by atoms with Gasteiger partial charge in [-0.25, -0.2) is 22.4 Å². The highest BCUT2D eigenvalue weighted by molar-refractivity contribution is 7.92. The number of carbonyl (C=O) groups excluding carboxylic acids is 3. The molecule has 0 saturated carbocycles. The van der Waals surface area contributed by atoms with E-state index in [2.05, 4.69) is 19.5 Å². The molecule has 188 valence electrons. The van der Waals surface area contributed by atoms with E-state index in [1.54, 1.807) is 0 Å². The van der Waals surface area contributed by atoms with Crippen molar-refractivity contribution in [2.45, 2.75) is 4.90 Å². The summed E-state index contributed by atoms with van der Waals surface area (Å²) in [7, 11) is -0.729. The lowest BCUT2D eigenvalue weighted by Crippen LogP contribution is -2.17. The van der Waals surface area contributed by atoms with E-state index in [0.29, 0.717) is 0 Å². The second-order valence-corrected chi connectivity index (χ2v) is 8.87. The minimum atomic E-state index is -4.30. The Labute approximate surface area is 206 Å². The number of amides is 1. The summed E-state index contributed by atoms with van der Waals surface area (Å²) in [6.07, 6.45) is 0. The molecule has 0 atom stereocenters. The van der Waals surface area contributed by atoms with Crippen molar-refractivity contribution in [1.29, 1.82) is 0 Å². The summed E-state index contributed by atoms with van der Waals surface area (Å²) >= 11 is 0. The monoisotopic (exact) mass is 516 g/mol. The molecule has 3 aromatic carbocycles. The van der Waals surface area contributed by atoms with Crippen molar-refractivity contribution in [3.05, 3.63) is 83.2 Å². The lowest BCUT2D eigenvalue weighted by molar-refractivity contribution is 0.0599. The van der Waals surface area contributed by atoms with E-state index < -0.39 is 33.7 Å². The fourth-order valence-electron chi connectivity index (χ4n) is 3.16. The number of carbonyl (C=O) groups is 3. The van der Waals surface area contributed by atoms with Crippen LogP contribution < -0.4 is 14.8 Å². The molecular formula is C24H21FN2O8S. The molecule has 0 fully saturated rings. The number of sulfonamides is 1. The number of anilines is 2. The Morgan fingerprint density at radius 3 is 2.00 bits per heavy atom. The molecule has 36 heavy (non-hydrogen) atoms. The zero-order chi connectivity index (χ0) is 26.5. The number of benzene rings is 3. The topological polar surface area (TPSA) is 137 Å². The largest absolute Gasteiger partial charge is 0.495 e. The zero-order valence-electron chi connectivity index (χ0n) is 19.3. The Morgan fingerprint density at radius 2 is 1.44 bits per heavy atom. The normalized spacial score (nSPS) is 10.8. The van der Waals surface area contributed by atoms with Gasteiger partial charge < -0.3 is 19.5 Å². The standard InChI is InChI=1S/C24H21FN2O8S/c1-33-21-9-8-17(13-20(21)26-22(28)18-6-4-5-7-19(18)25)36(31,32)27-16-11-14(23(29)34-2)10-15(12-16)24(30)35-3/h4-13,27H,1-3H3,(H,26,28). The van der Waals surface area contributed by atoms with E-state index in [9.17, 15) is 27.2 Å². The third kappa shape index (κ3) is 5.78. The van der Waals surface area contributed by atoms with Gasteiger partial charge in [-0.15, -0.1) is 0 Å². The van der Waals surface area contributed by atoms with Crippen LogP contribution in [0.5, 0.6) is 5.75 Å². The highest BCUT2D eigenvalue weighted by atomic mass is 32.2. The van der Waals surface area contributed by atoms with Crippen LogP contribution in [0.15, 0.2) is 65.6 Å². The Morgan fingerprint density at radius 1 is 0.833 bits per heavy atom. The third-order valence-electron chi connectivity index (χ3n) is 4.88. The van der Waals surface area contributed by atoms with Crippen LogP contribution in [0.1, 0.15) is 31.1 Å². The second-order valence-electron chi connectivity index (χ2n) is 7.18. The fourth-order valence-corrected chi connectivity index (χ4v) is 4.23. The van der Waals surface area contributed by atoms with Crippen LogP contribution in [0.25, 0.3) is 0 Å². The van der Waals surface area contributed by atoms with Gasteiger partial charge in [-0.3, -0.25) is 9.52 Å². The average Bonchev–Trinajstić information content (AvgIpc) is 2.87. The first-order chi connectivity index (χ1) is 17.1. The quantitative estimate of drug-likeness (QED) is 0.435. The van der Waals surface area contributed by atoms with Crippen LogP contribution >= 0.6 is 0 Å². The maximum absolute atomic E-state index is 14.0. The summed E-state index contributed by atoms with van der Waals surface area (Å²) in [6.45, 7) is 0. The smallest absolute Gasteiger partial charge is 0.337 e. The van der Waals surface area contributed by atoms with Crippen LogP contribution in [0.4, 0.5) is 15.8 Å². The van der Waals surface area contributed by atoms with Gasteiger partial charge in [0.15, 0.2) is 0 Å². The molecule has 0 aliphatic carbocycles. The number of halogens is 1. The lowest BCUT2D eigenvalue weighted by atomic mass is 10.1. The van der Waals surface area contributed by atoms with E-state index in [0.717, 1.165) is 26.4 Å². The van der Waals surface area contributed by atoms with Gasteiger partial charge >= 0.3 is 11.9 Å². The first-order valence-electron chi connectivity index (χ1n) is 10.2. The molecule has 0 aromatic heterocycles. The number of hydrogen-bond acceptors (Lipinski definition) is 8. The summed E-state index contributed by atoms with van der Waals surface area (Å²) < 4.78 is 57.0. The van der Waals surface area contributed by atoms with Gasteiger partial charge in [0.05, 0.1) is 54.3 Å². The number of hydrogen-bond donors (Lipinski definition) is 2. The molecular weight excluding hydrogens is 495 g/mol. The summed E-state index contributed by atoms with van der Waals surface area (Å²) in [5.74, 6) is -3.05. The fraction of sp³-hybridized carbons (Fsp3) is 0.125. The Hall–Kier alpha value is -4.45. The van der Waals surface area contributed by atoms with Crippen LogP contribution in [-0.2, 0) is 19.5 Å². The lowest BCUT2D eigenvalue weighted by Gasteiger charge is -2.14. The molecule has 0 unspecified atom stereocenters. The molecule has 0 bridgehead atoms. The third-order valence-corrected chi connectivity index (χ3v) is 6.25. The van der Waals surface area contributed by atoms with Crippen molar-refractivity contribution in [2.24, 2.45) is 0 Å². The van der Waals surface area contributed by atoms with Crippen molar-refractivity contribution in [1.82, 2.24) is 0 Å². The van der Waals surface area contributed by atoms with Gasteiger partial charge in [0.25, 0.3) is 15.9 Å². The molecule has 10 nitrogen and oxygen atoms in total. The predicted molar refractivity (Wildman–Crippen MR) is 127 cm³/mol. The Balaban J connectivity index is 1.97. The van der Waals surface area contributed by atoms with E-state index in [-0.39, 0.29) is 38.7 Å². The molecule has 0 aliphatic heterocycles. The molecule has 0 spiro atoms. The van der Waals surface area contributed by atoms with Gasteiger partial charge in [-0.05, 0) is 48.5 Å². The molecule has 0 saturated heterocycles. The molecule has 0 heterocycles. The zero-order valence-corrected chi connectivity index (χ0v) is 20.1. The SMILES string of the molecule is COC(=O)c1cc(NS(=O)(=O)c2ccc(OC)c(NC(=O)c3ccccc3F)c2)cc(C(=O)OC)c1. The number of methoxy groups -OCH3 is 3. The highest BCUT2D eigenvalue weighted by Gasteiger charge is 2.21. The Kier molecular flexibility index (Phi) is 7.90. The summed E-state index contributed by atoms with van der Waals surface area (Å²) in [6, 6.07) is 12.5. The highest BCUT2D eigenvalue weighted by Crippen LogP contribution is 2.29. The molecule has 3 aromatic rings. The number of esters is 2. The van der Waals surface area contributed by atoms with Gasteiger partial charge in [0.2, 0.25) is 0 Å². The van der Waals surface area contributed by atoms with Gasteiger partial charge in [0.1, 0.15) is 11.6 Å². The van der Waals surface area contributed by atoms with E-state index in [1.807, 2.05) is 0 Å². The van der Waals surface area contributed by atoms with E-state index in [4.69, 9.17) is 4.74 Å². The molecule has 1 amide bonds. The van der Waals surface area contributed by atoms with E-state index in [1.165, 1.54) is 55.6 Å². The van der Waals surface area contributed by atoms with Crippen molar-refractivity contribution in [2.75, 3.05) is 31.4 Å². The minimum absolute atomic E-state index is 0.0350. The number of rotatable bonds is 8. The summed E-state index contributed by atoms with van der Waals surface area (Å²) in [5.41, 5.74) is -0.588. The summed E-state index contributed by atoms with van der Waals surface area (Å²) in [5, 5.41) is 2.44. The Bertz CT molecular complexity index is 1410. The van der Waals surface area contributed by atoms with Crippen molar-refractivity contribution in [3.63, 3.8) is 0 Å². The van der Waals surface area contributed by atoms with Crippen molar-refractivity contribution in [3.8, 4) is 5.75 Å². The maximum Gasteiger partial charge on any atom is 0.337 e. The van der Waals surface area contributed by atoms with Crippen LogP contribution in [-0.4, -0.2) is 47.6 Å². The first-order valence-corrected chi connectivity index (χ1v) is 11.7. The molecule has 12 heteroatoms. The van der Waals surface area contributed by atoms with E-state index >= 15 is 0 Å². The minimum Gasteiger partial charge on any atom is -0.495 e. The van der Waals surface area contributed by atoms with Crippen LogP contribution in [0, 0.1) is 5.82 Å². The van der Waals surface area contributed by atoms with Crippen LogP contribution in [0.3, 0.4) is 0 Å². The molecule has 0 radical (unpaired) electrons. The van der Waals surface area contributed by atoms with Crippen molar-refractivity contribution >= 4 is 39.2 Å². The molecule has 0 aliphatic rings. The first kappa shape index (κ1) is 26.2. The van der Waals surface area contributed by atoms with Gasteiger partial charge in [-0.1, -0.05) is 12.1 Å². The number of nitrogens with one attached hydrogen (secondary N) is 2. The second kappa shape index (κ2) is 10.9. The molecule has 3 rings (SSSR count). The molecule has 2 N–H and O–H groups in total. The van der Waals surface area contributed by atoms with Gasteiger partial charge in [0, 0.05) is 0 Å².